The molecule has 2 amide bonds. The summed E-state index contributed by atoms with van der Waals surface area (Å²) in [6.07, 6.45) is 1.34. The van der Waals surface area contributed by atoms with Crippen molar-refractivity contribution in [3.63, 3.8) is 0 Å². The summed E-state index contributed by atoms with van der Waals surface area (Å²) >= 11 is 5.19. The number of ether oxygens (including phenoxy) is 1. The second kappa shape index (κ2) is 8.48. The third kappa shape index (κ3) is 4.01. The van der Waals surface area contributed by atoms with Crippen LogP contribution >= 0.6 is 12.2 Å². The molecule has 3 aromatic rings. The fourth-order valence-electron chi connectivity index (χ4n) is 3.13. The Labute approximate surface area is 187 Å². The predicted octanol–water partition coefficient (Wildman–Crippen LogP) is 3.48. The molecule has 1 fully saturated rings. The topological polar surface area (TPSA) is 109 Å². The number of nitrogens with one attached hydrogen (secondary N) is 1. The summed E-state index contributed by atoms with van der Waals surface area (Å²) in [7, 11) is 1.53. The average molecular weight is 448 g/mol. The van der Waals surface area contributed by atoms with Crippen molar-refractivity contribution in [3.8, 4) is 17.1 Å². The van der Waals surface area contributed by atoms with Crippen molar-refractivity contribution < 1.29 is 28.6 Å². The molecule has 1 aromatic heterocycles. The van der Waals surface area contributed by atoms with Crippen LogP contribution < -0.4 is 15.0 Å². The number of furan rings is 1. The molecule has 2 N–H and O–H groups in total. The molecule has 8 nitrogen and oxygen atoms in total. The highest BCUT2D eigenvalue weighted by Gasteiger charge is 2.34. The van der Waals surface area contributed by atoms with Gasteiger partial charge in [-0.2, -0.15) is 0 Å². The van der Waals surface area contributed by atoms with Crippen molar-refractivity contribution in [1.82, 2.24) is 5.32 Å². The lowest BCUT2D eigenvalue weighted by atomic mass is 10.1. The van der Waals surface area contributed by atoms with Gasteiger partial charge in [-0.3, -0.25) is 19.8 Å². The molecule has 0 unspecified atom stereocenters. The third-order valence-corrected chi connectivity index (χ3v) is 5.05. The Hall–Kier alpha value is -4.24. The van der Waals surface area contributed by atoms with E-state index in [9.17, 15) is 14.4 Å². The van der Waals surface area contributed by atoms with Crippen LogP contribution in [0, 0.1) is 0 Å². The molecular formula is C23H16N2O6S. The smallest absolute Gasteiger partial charge is 0.335 e. The minimum atomic E-state index is -1.03. The summed E-state index contributed by atoms with van der Waals surface area (Å²) in [6.45, 7) is 0. The van der Waals surface area contributed by atoms with Gasteiger partial charge in [-0.05, 0) is 66.8 Å². The molecule has 0 bridgehead atoms. The van der Waals surface area contributed by atoms with Gasteiger partial charge in [-0.1, -0.05) is 12.1 Å². The number of carboxylic acids is 1. The minimum absolute atomic E-state index is 0.0269. The van der Waals surface area contributed by atoms with Crippen molar-refractivity contribution in [2.45, 2.75) is 0 Å². The zero-order chi connectivity index (χ0) is 22.8. The third-order valence-electron chi connectivity index (χ3n) is 4.76. The standard InChI is InChI=1S/C23H16N2O6S/c1-30-16-8-6-15(7-9-16)25-21(27)18(20(26)24-23(25)32)12-17-10-11-19(31-17)13-2-4-14(5-3-13)22(28)29/h2-12H,1H3,(H,28,29)(H,24,26,32). The van der Waals surface area contributed by atoms with Crippen LogP contribution in [-0.2, 0) is 9.59 Å². The first-order valence-corrected chi connectivity index (χ1v) is 9.77. The van der Waals surface area contributed by atoms with Crippen molar-refractivity contribution in [3.05, 3.63) is 77.6 Å². The summed E-state index contributed by atoms with van der Waals surface area (Å²) in [5.74, 6) is -0.893. The Morgan fingerprint density at radius 2 is 1.75 bits per heavy atom. The number of hydrogen-bond acceptors (Lipinski definition) is 6. The lowest BCUT2D eigenvalue weighted by Gasteiger charge is -2.28. The van der Waals surface area contributed by atoms with E-state index in [1.807, 2.05) is 0 Å². The summed E-state index contributed by atoms with van der Waals surface area (Å²) in [6, 6.07) is 16.1. The van der Waals surface area contributed by atoms with E-state index in [0.29, 0.717) is 22.8 Å². The fraction of sp³-hybridized carbons (Fsp3) is 0.0435. The highest BCUT2D eigenvalue weighted by atomic mass is 32.1. The highest BCUT2D eigenvalue weighted by molar-refractivity contribution is 7.80. The summed E-state index contributed by atoms with van der Waals surface area (Å²) < 4.78 is 10.9. The summed E-state index contributed by atoms with van der Waals surface area (Å²) in [4.78, 5) is 37.7. The predicted molar refractivity (Wildman–Crippen MR) is 120 cm³/mol. The van der Waals surface area contributed by atoms with E-state index in [-0.39, 0.29) is 22.0 Å². The molecule has 4 rings (SSSR count). The molecule has 32 heavy (non-hydrogen) atoms. The molecular weight excluding hydrogens is 432 g/mol. The molecule has 0 aliphatic carbocycles. The normalized spacial score (nSPS) is 15.1. The first kappa shape index (κ1) is 21.0. The molecule has 2 aromatic carbocycles. The number of anilines is 1. The lowest BCUT2D eigenvalue weighted by molar-refractivity contribution is -0.122. The van der Waals surface area contributed by atoms with Crippen LogP contribution in [-0.4, -0.2) is 35.1 Å². The van der Waals surface area contributed by atoms with Crippen LogP contribution in [0.4, 0.5) is 5.69 Å². The van der Waals surface area contributed by atoms with Crippen molar-refractivity contribution in [2.75, 3.05) is 12.0 Å². The molecule has 1 aliphatic rings. The van der Waals surface area contributed by atoms with E-state index in [1.165, 1.54) is 30.2 Å². The maximum atomic E-state index is 13.1. The molecule has 0 radical (unpaired) electrons. The van der Waals surface area contributed by atoms with E-state index in [4.69, 9.17) is 26.5 Å². The average Bonchev–Trinajstić information content (AvgIpc) is 3.26. The molecule has 0 atom stereocenters. The Morgan fingerprint density at radius 1 is 1.06 bits per heavy atom. The number of rotatable bonds is 5. The number of amides is 2. The maximum Gasteiger partial charge on any atom is 0.335 e. The van der Waals surface area contributed by atoms with Gasteiger partial charge in [0.2, 0.25) is 0 Å². The van der Waals surface area contributed by atoms with Crippen LogP contribution in [0.3, 0.4) is 0 Å². The second-order valence-corrected chi connectivity index (χ2v) is 7.13. The van der Waals surface area contributed by atoms with Crippen LogP contribution in [0.1, 0.15) is 16.1 Å². The Balaban J connectivity index is 1.62. The summed E-state index contributed by atoms with van der Waals surface area (Å²) in [5, 5.41) is 11.5. The van der Waals surface area contributed by atoms with Gasteiger partial charge in [0.25, 0.3) is 11.8 Å². The maximum absolute atomic E-state index is 13.1. The number of methoxy groups -OCH3 is 1. The number of benzene rings is 2. The van der Waals surface area contributed by atoms with Gasteiger partial charge >= 0.3 is 5.97 Å². The van der Waals surface area contributed by atoms with E-state index in [0.717, 1.165) is 0 Å². The number of nitrogens with zero attached hydrogens (tertiary/aromatic N) is 1. The first-order valence-electron chi connectivity index (χ1n) is 9.36. The van der Waals surface area contributed by atoms with E-state index in [2.05, 4.69) is 5.32 Å². The van der Waals surface area contributed by atoms with Crippen molar-refractivity contribution >= 4 is 46.9 Å². The van der Waals surface area contributed by atoms with E-state index < -0.39 is 17.8 Å². The van der Waals surface area contributed by atoms with Gasteiger partial charge < -0.3 is 14.3 Å². The zero-order valence-electron chi connectivity index (χ0n) is 16.7. The zero-order valence-corrected chi connectivity index (χ0v) is 17.5. The largest absolute Gasteiger partial charge is 0.497 e. The van der Waals surface area contributed by atoms with Crippen molar-refractivity contribution in [2.24, 2.45) is 0 Å². The quantitative estimate of drug-likeness (QED) is 0.349. The lowest BCUT2D eigenvalue weighted by Crippen LogP contribution is -2.54. The van der Waals surface area contributed by atoms with Crippen LogP contribution in [0.25, 0.3) is 17.4 Å². The molecule has 1 saturated heterocycles. The van der Waals surface area contributed by atoms with Gasteiger partial charge in [-0.25, -0.2) is 4.79 Å². The van der Waals surface area contributed by atoms with Gasteiger partial charge in [0.1, 0.15) is 22.8 Å². The molecule has 0 saturated carbocycles. The second-order valence-electron chi connectivity index (χ2n) is 6.74. The molecule has 1 aliphatic heterocycles. The molecule has 0 spiro atoms. The van der Waals surface area contributed by atoms with Crippen LogP contribution in [0.2, 0.25) is 0 Å². The Morgan fingerprint density at radius 3 is 2.38 bits per heavy atom. The van der Waals surface area contributed by atoms with E-state index in [1.54, 1.807) is 48.5 Å². The van der Waals surface area contributed by atoms with E-state index >= 15 is 0 Å². The van der Waals surface area contributed by atoms with Crippen LogP contribution in [0.15, 0.2) is 70.7 Å². The number of hydrogen-bond donors (Lipinski definition) is 2. The number of carbonyl (C=O) groups is 3. The molecule has 9 heteroatoms. The number of thiocarbonyl (C=S) groups is 1. The van der Waals surface area contributed by atoms with Gasteiger partial charge in [0, 0.05) is 5.56 Å². The minimum Gasteiger partial charge on any atom is -0.497 e. The Bertz CT molecular complexity index is 1260. The van der Waals surface area contributed by atoms with Gasteiger partial charge in [0.05, 0.1) is 18.4 Å². The highest BCUT2D eigenvalue weighted by Crippen LogP contribution is 2.27. The number of carboxylic acid groups (broad SMARTS) is 1. The molecule has 2 heterocycles. The van der Waals surface area contributed by atoms with Gasteiger partial charge in [0.15, 0.2) is 5.11 Å². The molecule has 160 valence electrons. The number of aromatic carboxylic acids is 1. The first-order chi connectivity index (χ1) is 15.4. The Kier molecular flexibility index (Phi) is 5.57. The van der Waals surface area contributed by atoms with Gasteiger partial charge in [-0.15, -0.1) is 0 Å². The summed E-state index contributed by atoms with van der Waals surface area (Å²) in [5.41, 5.74) is 1.14. The van der Waals surface area contributed by atoms with Crippen molar-refractivity contribution in [1.29, 1.82) is 0 Å². The van der Waals surface area contributed by atoms with Crippen LogP contribution in [0.5, 0.6) is 5.75 Å². The fourth-order valence-corrected chi connectivity index (χ4v) is 3.41. The number of carbonyl (C=O) groups excluding carboxylic acids is 2. The SMILES string of the molecule is COc1ccc(N2C(=O)C(=Cc3ccc(-c4ccc(C(=O)O)cc4)o3)C(=O)NC2=S)cc1. The monoisotopic (exact) mass is 448 g/mol.